The molecular formula is C16H23N3O. The Balaban J connectivity index is 2.18. The smallest absolute Gasteiger partial charge is 0.221 e. The van der Waals surface area contributed by atoms with Crippen molar-refractivity contribution >= 4 is 16.5 Å². The number of likely N-dealkylation sites (N-methyl/N-ethyl adjacent to an activating group) is 1. The molecule has 0 radical (unpaired) electrons. The predicted octanol–water partition coefficient (Wildman–Crippen LogP) is 3.00. The second-order valence-corrected chi connectivity index (χ2v) is 5.45. The van der Waals surface area contributed by atoms with Gasteiger partial charge in [0.05, 0.1) is 6.10 Å². The summed E-state index contributed by atoms with van der Waals surface area (Å²) in [6.45, 7) is 5.96. The van der Waals surface area contributed by atoms with E-state index in [-0.39, 0.29) is 6.10 Å². The van der Waals surface area contributed by atoms with Gasteiger partial charge in [-0.05, 0) is 57.6 Å². The van der Waals surface area contributed by atoms with Crippen molar-refractivity contribution < 1.29 is 4.74 Å². The molecule has 0 fully saturated rings. The van der Waals surface area contributed by atoms with Crippen LogP contribution in [-0.2, 0) is 0 Å². The van der Waals surface area contributed by atoms with Gasteiger partial charge in [0.1, 0.15) is 0 Å². The predicted molar refractivity (Wildman–Crippen MR) is 84.6 cm³/mol. The van der Waals surface area contributed by atoms with Crippen LogP contribution in [0.5, 0.6) is 5.88 Å². The number of hydrogen-bond acceptors (Lipinski definition) is 4. The second kappa shape index (κ2) is 6.57. The number of fused-ring (bicyclic) bond motifs is 1. The number of benzene rings is 1. The van der Waals surface area contributed by atoms with Gasteiger partial charge in [-0.1, -0.05) is 0 Å². The molecule has 1 aromatic carbocycles. The second-order valence-electron chi connectivity index (χ2n) is 5.45. The molecule has 0 spiro atoms. The summed E-state index contributed by atoms with van der Waals surface area (Å²) in [6, 6.07) is 8.30. The van der Waals surface area contributed by atoms with Crippen molar-refractivity contribution in [3.63, 3.8) is 0 Å². The standard InChI is InChI=1S/C16H23N3O/c1-12(2)20-16-15-6-5-14(17-9-10-19(3)4)11-13(15)7-8-18-16/h5-8,11-12,17H,9-10H2,1-4H3. The lowest BCUT2D eigenvalue weighted by atomic mass is 10.1. The molecule has 2 aromatic rings. The topological polar surface area (TPSA) is 37.4 Å². The van der Waals surface area contributed by atoms with Crippen LogP contribution in [0, 0.1) is 0 Å². The monoisotopic (exact) mass is 273 g/mol. The Bertz CT molecular complexity index is 567. The largest absolute Gasteiger partial charge is 0.475 e. The van der Waals surface area contributed by atoms with Crippen LogP contribution in [0.15, 0.2) is 30.5 Å². The third kappa shape index (κ3) is 3.84. The van der Waals surface area contributed by atoms with Gasteiger partial charge in [0.15, 0.2) is 0 Å². The molecule has 4 nitrogen and oxygen atoms in total. The normalized spacial score (nSPS) is 11.3. The van der Waals surface area contributed by atoms with Crippen molar-refractivity contribution in [2.45, 2.75) is 20.0 Å². The summed E-state index contributed by atoms with van der Waals surface area (Å²) in [7, 11) is 4.15. The van der Waals surface area contributed by atoms with Crippen LogP contribution >= 0.6 is 0 Å². The number of pyridine rings is 1. The lowest BCUT2D eigenvalue weighted by Gasteiger charge is -2.13. The summed E-state index contributed by atoms with van der Waals surface area (Å²) in [5.41, 5.74) is 1.13. The fourth-order valence-corrected chi connectivity index (χ4v) is 2.00. The summed E-state index contributed by atoms with van der Waals surface area (Å²) in [5, 5.41) is 5.62. The highest BCUT2D eigenvalue weighted by Crippen LogP contribution is 2.26. The molecule has 1 N–H and O–H groups in total. The first-order chi connectivity index (χ1) is 9.56. The number of nitrogens with one attached hydrogen (secondary N) is 1. The van der Waals surface area contributed by atoms with Crippen molar-refractivity contribution in [3.05, 3.63) is 30.5 Å². The molecule has 0 saturated carbocycles. The molecule has 0 saturated heterocycles. The van der Waals surface area contributed by atoms with Gasteiger partial charge < -0.3 is 15.0 Å². The summed E-state index contributed by atoms with van der Waals surface area (Å²) >= 11 is 0. The van der Waals surface area contributed by atoms with Gasteiger partial charge in [-0.25, -0.2) is 4.98 Å². The van der Waals surface area contributed by atoms with E-state index >= 15 is 0 Å². The SMILES string of the molecule is CC(C)Oc1nccc2cc(NCCN(C)C)ccc12. The maximum absolute atomic E-state index is 5.74. The first-order valence-corrected chi connectivity index (χ1v) is 7.00. The van der Waals surface area contributed by atoms with Crippen molar-refractivity contribution in [2.75, 3.05) is 32.5 Å². The molecular weight excluding hydrogens is 250 g/mol. The van der Waals surface area contributed by atoms with Crippen molar-refractivity contribution in [1.29, 1.82) is 0 Å². The Hall–Kier alpha value is -1.81. The zero-order chi connectivity index (χ0) is 14.5. The first kappa shape index (κ1) is 14.6. The van der Waals surface area contributed by atoms with Gasteiger partial charge in [0, 0.05) is 30.4 Å². The molecule has 1 aromatic heterocycles. The molecule has 0 aliphatic rings. The summed E-state index contributed by atoms with van der Waals surface area (Å²) < 4.78 is 5.74. The lowest BCUT2D eigenvalue weighted by Crippen LogP contribution is -2.20. The maximum atomic E-state index is 5.74. The Labute approximate surface area is 120 Å². The van der Waals surface area contributed by atoms with E-state index < -0.39 is 0 Å². The number of rotatable bonds is 6. The van der Waals surface area contributed by atoms with E-state index in [0.717, 1.165) is 29.5 Å². The van der Waals surface area contributed by atoms with Gasteiger partial charge in [0.2, 0.25) is 5.88 Å². The quantitative estimate of drug-likeness (QED) is 0.878. The average molecular weight is 273 g/mol. The number of anilines is 1. The van der Waals surface area contributed by atoms with Crippen LogP contribution < -0.4 is 10.1 Å². The Morgan fingerprint density at radius 2 is 2.05 bits per heavy atom. The fraction of sp³-hybridized carbons (Fsp3) is 0.438. The van der Waals surface area contributed by atoms with E-state index in [9.17, 15) is 0 Å². The zero-order valence-corrected chi connectivity index (χ0v) is 12.7. The molecule has 0 atom stereocenters. The maximum Gasteiger partial charge on any atom is 0.221 e. The number of hydrogen-bond donors (Lipinski definition) is 1. The van der Waals surface area contributed by atoms with E-state index in [1.165, 1.54) is 0 Å². The molecule has 0 unspecified atom stereocenters. The fourth-order valence-electron chi connectivity index (χ4n) is 2.00. The van der Waals surface area contributed by atoms with Crippen LogP contribution in [0.1, 0.15) is 13.8 Å². The van der Waals surface area contributed by atoms with Crippen LogP contribution in [0.4, 0.5) is 5.69 Å². The van der Waals surface area contributed by atoms with Crippen LogP contribution in [0.25, 0.3) is 10.8 Å². The Morgan fingerprint density at radius 3 is 2.75 bits per heavy atom. The third-order valence-corrected chi connectivity index (χ3v) is 2.96. The van der Waals surface area contributed by atoms with Crippen LogP contribution in [0.3, 0.4) is 0 Å². The van der Waals surface area contributed by atoms with Gasteiger partial charge in [-0.2, -0.15) is 0 Å². The van der Waals surface area contributed by atoms with Crippen molar-refractivity contribution in [1.82, 2.24) is 9.88 Å². The minimum absolute atomic E-state index is 0.131. The Morgan fingerprint density at radius 1 is 1.25 bits per heavy atom. The van der Waals surface area contributed by atoms with E-state index in [4.69, 9.17) is 4.74 Å². The molecule has 0 bridgehead atoms. The van der Waals surface area contributed by atoms with Gasteiger partial charge in [-0.3, -0.25) is 0 Å². The number of aromatic nitrogens is 1. The van der Waals surface area contributed by atoms with Crippen LogP contribution in [-0.4, -0.2) is 43.2 Å². The molecule has 0 aliphatic carbocycles. The highest BCUT2D eigenvalue weighted by atomic mass is 16.5. The Kier molecular flexibility index (Phi) is 4.79. The van der Waals surface area contributed by atoms with Gasteiger partial charge >= 0.3 is 0 Å². The molecule has 1 heterocycles. The third-order valence-electron chi connectivity index (χ3n) is 2.96. The summed E-state index contributed by atoms with van der Waals surface area (Å²) in [5.74, 6) is 0.706. The van der Waals surface area contributed by atoms with E-state index in [1.54, 1.807) is 6.20 Å². The summed E-state index contributed by atoms with van der Waals surface area (Å²) in [4.78, 5) is 6.47. The first-order valence-electron chi connectivity index (χ1n) is 7.00. The minimum Gasteiger partial charge on any atom is -0.475 e. The number of nitrogens with zero attached hydrogens (tertiary/aromatic N) is 2. The van der Waals surface area contributed by atoms with Gasteiger partial charge in [-0.15, -0.1) is 0 Å². The highest BCUT2D eigenvalue weighted by Gasteiger charge is 2.06. The zero-order valence-electron chi connectivity index (χ0n) is 12.7. The highest BCUT2D eigenvalue weighted by molar-refractivity contribution is 5.89. The molecule has 0 aliphatic heterocycles. The van der Waals surface area contributed by atoms with Gasteiger partial charge in [0.25, 0.3) is 0 Å². The molecule has 4 heteroatoms. The molecule has 20 heavy (non-hydrogen) atoms. The van der Waals surface area contributed by atoms with Crippen LogP contribution in [0.2, 0.25) is 0 Å². The van der Waals surface area contributed by atoms with Crippen molar-refractivity contribution in [2.24, 2.45) is 0 Å². The molecule has 2 rings (SSSR count). The van der Waals surface area contributed by atoms with E-state index in [0.29, 0.717) is 5.88 Å². The lowest BCUT2D eigenvalue weighted by molar-refractivity contribution is 0.236. The molecule has 0 amide bonds. The average Bonchev–Trinajstić information content (AvgIpc) is 2.37. The number of ether oxygens (including phenoxy) is 1. The minimum atomic E-state index is 0.131. The van der Waals surface area contributed by atoms with Crippen molar-refractivity contribution in [3.8, 4) is 5.88 Å². The molecule has 108 valence electrons. The summed E-state index contributed by atoms with van der Waals surface area (Å²) in [6.07, 6.45) is 1.93. The van der Waals surface area contributed by atoms with E-state index in [1.807, 2.05) is 19.9 Å². The van der Waals surface area contributed by atoms with E-state index in [2.05, 4.69) is 47.5 Å².